The fourth-order valence-electron chi connectivity index (χ4n) is 3.60. The summed E-state index contributed by atoms with van der Waals surface area (Å²) < 4.78 is 22.9. The molecule has 1 aromatic rings. The van der Waals surface area contributed by atoms with Crippen LogP contribution < -0.4 is 0 Å². The number of hydrogen-bond donors (Lipinski definition) is 1. The van der Waals surface area contributed by atoms with Crippen LogP contribution in [-0.2, 0) is 18.9 Å². The first kappa shape index (κ1) is 21.0. The number of carbonyl (C=O) groups excluding carboxylic acids is 1. The largest absolute Gasteiger partial charge is 0.444 e. The molecule has 0 radical (unpaired) electrons. The van der Waals surface area contributed by atoms with Gasteiger partial charge < -0.3 is 24.1 Å². The number of amides is 1. The van der Waals surface area contributed by atoms with Gasteiger partial charge in [-0.05, 0) is 46.6 Å². The number of aliphatic hydroxyl groups excluding tert-OH is 1. The van der Waals surface area contributed by atoms with Gasteiger partial charge in [0.25, 0.3) is 0 Å². The van der Waals surface area contributed by atoms with Gasteiger partial charge in [0, 0.05) is 5.56 Å². The molecule has 3 rings (SSSR count). The lowest BCUT2D eigenvalue weighted by Crippen LogP contribution is -2.51. The minimum absolute atomic E-state index is 0.203. The molecule has 0 aliphatic carbocycles. The predicted octanol–water partition coefficient (Wildman–Crippen LogP) is 3.53. The third kappa shape index (κ3) is 4.49. The van der Waals surface area contributed by atoms with Gasteiger partial charge in [0.15, 0.2) is 6.29 Å². The standard InChI is InChI=1S/C21H31NO6/c1-20(2,3)28-19(24)22-16(13-27-21(22,4)5)17(23)14-9-6-7-10-15(14)18-25-11-8-12-26-18/h6-7,9-10,16-18,23H,8,11-13H2,1-5H3/t16-,17+/m1/s1. The summed E-state index contributed by atoms with van der Waals surface area (Å²) in [5.41, 5.74) is -0.106. The Balaban J connectivity index is 1.88. The lowest BCUT2D eigenvalue weighted by Gasteiger charge is -2.37. The molecule has 2 aliphatic rings. The molecular formula is C21H31NO6. The average Bonchev–Trinajstić information content (AvgIpc) is 2.95. The van der Waals surface area contributed by atoms with Crippen molar-refractivity contribution in [2.24, 2.45) is 0 Å². The minimum Gasteiger partial charge on any atom is -0.444 e. The van der Waals surface area contributed by atoms with Crippen molar-refractivity contribution >= 4 is 6.09 Å². The Labute approximate surface area is 166 Å². The van der Waals surface area contributed by atoms with Crippen molar-refractivity contribution in [1.82, 2.24) is 4.90 Å². The summed E-state index contributed by atoms with van der Waals surface area (Å²) in [4.78, 5) is 14.4. The van der Waals surface area contributed by atoms with Crippen LogP contribution in [0, 0.1) is 0 Å². The highest BCUT2D eigenvalue weighted by Gasteiger charge is 2.49. The van der Waals surface area contributed by atoms with Gasteiger partial charge in [-0.3, -0.25) is 4.90 Å². The Kier molecular flexibility index (Phi) is 6.00. The molecule has 1 N–H and O–H groups in total. The predicted molar refractivity (Wildman–Crippen MR) is 103 cm³/mol. The Morgan fingerprint density at radius 3 is 2.54 bits per heavy atom. The lowest BCUT2D eigenvalue weighted by atomic mass is 9.96. The van der Waals surface area contributed by atoms with E-state index >= 15 is 0 Å². The molecule has 2 saturated heterocycles. The van der Waals surface area contributed by atoms with Gasteiger partial charge in [-0.1, -0.05) is 24.3 Å². The first-order valence-corrected chi connectivity index (χ1v) is 9.76. The molecule has 0 unspecified atom stereocenters. The number of rotatable bonds is 3. The van der Waals surface area contributed by atoms with E-state index in [2.05, 4.69) is 0 Å². The van der Waals surface area contributed by atoms with Crippen LogP contribution in [-0.4, -0.2) is 53.3 Å². The van der Waals surface area contributed by atoms with Crippen molar-refractivity contribution in [1.29, 1.82) is 0 Å². The zero-order chi connectivity index (χ0) is 20.5. The minimum atomic E-state index is -0.973. The molecule has 2 fully saturated rings. The summed E-state index contributed by atoms with van der Waals surface area (Å²) >= 11 is 0. The van der Waals surface area contributed by atoms with E-state index in [1.165, 1.54) is 4.90 Å². The van der Waals surface area contributed by atoms with E-state index in [0.29, 0.717) is 18.8 Å². The van der Waals surface area contributed by atoms with Crippen molar-refractivity contribution in [3.05, 3.63) is 35.4 Å². The lowest BCUT2D eigenvalue weighted by molar-refractivity contribution is -0.183. The molecule has 156 valence electrons. The maximum atomic E-state index is 12.9. The van der Waals surface area contributed by atoms with Crippen LogP contribution in [0.3, 0.4) is 0 Å². The van der Waals surface area contributed by atoms with Gasteiger partial charge in [-0.25, -0.2) is 4.79 Å². The van der Waals surface area contributed by atoms with Crippen LogP contribution >= 0.6 is 0 Å². The monoisotopic (exact) mass is 393 g/mol. The molecule has 2 atom stereocenters. The fourth-order valence-corrected chi connectivity index (χ4v) is 3.60. The van der Waals surface area contributed by atoms with Crippen molar-refractivity contribution in [3.8, 4) is 0 Å². The normalized spacial score (nSPS) is 24.2. The fraction of sp³-hybridized carbons (Fsp3) is 0.667. The van der Waals surface area contributed by atoms with Gasteiger partial charge in [0.1, 0.15) is 17.4 Å². The molecule has 2 aliphatic heterocycles. The zero-order valence-electron chi connectivity index (χ0n) is 17.3. The van der Waals surface area contributed by atoms with Crippen molar-refractivity contribution in [3.63, 3.8) is 0 Å². The summed E-state index contributed by atoms with van der Waals surface area (Å²) in [6.45, 7) is 10.4. The molecule has 7 heteroatoms. The second-order valence-electron chi connectivity index (χ2n) is 8.68. The quantitative estimate of drug-likeness (QED) is 0.847. The maximum Gasteiger partial charge on any atom is 0.413 e. The number of benzene rings is 1. The second kappa shape index (κ2) is 7.99. The molecule has 28 heavy (non-hydrogen) atoms. The Hall–Kier alpha value is -1.67. The number of ether oxygens (including phenoxy) is 4. The highest BCUT2D eigenvalue weighted by molar-refractivity contribution is 5.70. The summed E-state index contributed by atoms with van der Waals surface area (Å²) in [6.07, 6.45) is -1.16. The Morgan fingerprint density at radius 1 is 1.25 bits per heavy atom. The third-order valence-corrected chi connectivity index (χ3v) is 4.87. The van der Waals surface area contributed by atoms with E-state index < -0.39 is 35.9 Å². The Morgan fingerprint density at radius 2 is 1.89 bits per heavy atom. The van der Waals surface area contributed by atoms with Crippen LogP contribution in [0.5, 0.6) is 0 Å². The van der Waals surface area contributed by atoms with Crippen LogP contribution in [0.1, 0.15) is 64.6 Å². The van der Waals surface area contributed by atoms with Crippen molar-refractivity contribution in [2.75, 3.05) is 19.8 Å². The average molecular weight is 393 g/mol. The van der Waals surface area contributed by atoms with Crippen LogP contribution in [0.4, 0.5) is 4.79 Å². The number of nitrogens with zero attached hydrogens (tertiary/aromatic N) is 1. The van der Waals surface area contributed by atoms with Gasteiger partial charge in [0.2, 0.25) is 0 Å². The van der Waals surface area contributed by atoms with Crippen LogP contribution in [0.25, 0.3) is 0 Å². The molecular weight excluding hydrogens is 362 g/mol. The van der Waals surface area contributed by atoms with Crippen molar-refractivity contribution < 1.29 is 28.8 Å². The molecule has 7 nitrogen and oxygen atoms in total. The molecule has 1 amide bonds. The van der Waals surface area contributed by atoms with E-state index in [9.17, 15) is 9.90 Å². The first-order valence-electron chi connectivity index (χ1n) is 9.76. The summed E-state index contributed by atoms with van der Waals surface area (Å²) in [7, 11) is 0. The third-order valence-electron chi connectivity index (χ3n) is 4.87. The van der Waals surface area contributed by atoms with E-state index in [0.717, 1.165) is 12.0 Å². The SMILES string of the molecule is CC(C)(C)OC(=O)N1[C@@H]([C@@H](O)c2ccccc2C2OCCCO2)COC1(C)C. The molecule has 0 aromatic heterocycles. The van der Waals surface area contributed by atoms with Crippen LogP contribution in [0.2, 0.25) is 0 Å². The van der Waals surface area contributed by atoms with Gasteiger partial charge in [-0.15, -0.1) is 0 Å². The molecule has 2 heterocycles. The number of hydrogen-bond acceptors (Lipinski definition) is 6. The van der Waals surface area contributed by atoms with Gasteiger partial charge in [0.05, 0.1) is 25.9 Å². The van der Waals surface area contributed by atoms with E-state index in [4.69, 9.17) is 18.9 Å². The zero-order valence-corrected chi connectivity index (χ0v) is 17.3. The van der Waals surface area contributed by atoms with E-state index in [-0.39, 0.29) is 6.61 Å². The summed E-state index contributed by atoms with van der Waals surface area (Å²) in [6, 6.07) is 6.86. The molecule has 0 saturated carbocycles. The van der Waals surface area contributed by atoms with E-state index in [1.807, 2.05) is 45.0 Å². The topological polar surface area (TPSA) is 77.5 Å². The van der Waals surface area contributed by atoms with Crippen molar-refractivity contribution in [2.45, 2.75) is 70.8 Å². The molecule has 0 bridgehead atoms. The Bertz CT molecular complexity index is 692. The molecule has 0 spiro atoms. The highest BCUT2D eigenvalue weighted by Crippen LogP contribution is 2.38. The number of aliphatic hydroxyl groups is 1. The van der Waals surface area contributed by atoms with E-state index in [1.54, 1.807) is 13.8 Å². The summed E-state index contributed by atoms with van der Waals surface area (Å²) in [5, 5.41) is 11.2. The number of carbonyl (C=O) groups is 1. The smallest absolute Gasteiger partial charge is 0.413 e. The van der Waals surface area contributed by atoms with Gasteiger partial charge >= 0.3 is 6.09 Å². The van der Waals surface area contributed by atoms with Gasteiger partial charge in [-0.2, -0.15) is 0 Å². The maximum absolute atomic E-state index is 12.9. The second-order valence-corrected chi connectivity index (χ2v) is 8.68. The highest BCUT2D eigenvalue weighted by atomic mass is 16.7. The summed E-state index contributed by atoms with van der Waals surface area (Å²) in [5.74, 6) is 0. The van der Waals surface area contributed by atoms with Crippen LogP contribution in [0.15, 0.2) is 24.3 Å². The molecule has 1 aromatic carbocycles. The first-order chi connectivity index (χ1) is 13.1.